The molecule has 6 heterocycles. The highest BCUT2D eigenvalue weighted by molar-refractivity contribution is 6.19. The normalized spacial score (nSPS) is 11.9. The molecule has 7 heteroatoms. The number of pyridine rings is 1. The summed E-state index contributed by atoms with van der Waals surface area (Å²) in [6, 6.07) is 121. The first kappa shape index (κ1) is 54.5. The van der Waals surface area contributed by atoms with Gasteiger partial charge in [0.15, 0.2) is 5.58 Å². The monoisotopic (exact) mass is 1240 g/mol. The molecule has 0 aliphatic carbocycles. The van der Waals surface area contributed by atoms with Crippen LogP contribution in [0.4, 0.5) is 0 Å². The molecular weight excluding hydrogens is 1180 g/mol. The van der Waals surface area contributed by atoms with Gasteiger partial charge in [-0.25, -0.2) is 4.98 Å². The molecule has 0 bridgehead atoms. The van der Waals surface area contributed by atoms with Gasteiger partial charge in [-0.3, -0.25) is 4.98 Å². The highest BCUT2D eigenvalue weighted by atomic mass is 16.3. The van der Waals surface area contributed by atoms with Gasteiger partial charge in [-0.15, -0.1) is 0 Å². The van der Waals surface area contributed by atoms with Crippen LogP contribution in [-0.4, -0.2) is 28.2 Å². The number of hydrogen-bond donors (Lipinski definition) is 0. The van der Waals surface area contributed by atoms with Crippen molar-refractivity contribution >= 4 is 98.3 Å². The Morgan fingerprint density at radius 2 is 0.536 bits per heavy atom. The summed E-state index contributed by atoms with van der Waals surface area (Å²) >= 11 is 0. The van der Waals surface area contributed by atoms with E-state index in [2.05, 4.69) is 328 Å². The van der Waals surface area contributed by atoms with Crippen LogP contribution >= 0.6 is 0 Å². The molecule has 0 atom stereocenters. The Hall–Kier alpha value is -13.1. The average Bonchev–Trinajstić information content (AvgIpc) is 1.59. The Morgan fingerprint density at radius 1 is 0.227 bits per heavy atom. The van der Waals surface area contributed by atoms with Gasteiger partial charge in [0.1, 0.15) is 5.52 Å². The van der Waals surface area contributed by atoms with Crippen LogP contribution in [0.5, 0.6) is 0 Å². The highest BCUT2D eigenvalue weighted by Crippen LogP contribution is 2.55. The van der Waals surface area contributed by atoms with Gasteiger partial charge in [0.25, 0.3) is 0 Å². The van der Waals surface area contributed by atoms with Crippen molar-refractivity contribution in [1.82, 2.24) is 28.2 Å². The van der Waals surface area contributed by atoms with Gasteiger partial charge in [-0.2, -0.15) is 0 Å². The molecule has 0 aliphatic rings. The fraction of sp³-hybridized carbons (Fsp3) is 0. The number of nitrogens with zero attached hydrogens (tertiary/aromatic N) is 6. The Kier molecular flexibility index (Phi) is 12.2. The summed E-state index contributed by atoms with van der Waals surface area (Å²) in [5, 5.41) is 8.89. The SMILES string of the molecule is c1ccc(-c2ccc3c(c2)c2ccccc2n3-c2c(-c3ccccn3)c(-c3nc4ccccc4o3)c(-n3c4ccccc4c4cc(-c5ccccc5)ccc43)c(-n3c4ccccc4c4cc(-c5ccccc5)ccc43)c2-n2c3ccccc3c3cc(-c4ccccc4)ccc32)cc1. The van der Waals surface area contributed by atoms with Crippen LogP contribution in [0.25, 0.3) is 188 Å². The lowest BCUT2D eigenvalue weighted by Crippen LogP contribution is -2.16. The molecule has 0 amide bonds. The molecule has 0 N–H and O–H groups in total. The van der Waals surface area contributed by atoms with Gasteiger partial charge >= 0.3 is 0 Å². The van der Waals surface area contributed by atoms with Crippen LogP contribution in [0, 0.1) is 0 Å². The Balaban J connectivity index is 1.09. The fourth-order valence-electron chi connectivity index (χ4n) is 15.6. The number of aromatic nitrogens is 6. The van der Waals surface area contributed by atoms with E-state index in [1.807, 2.05) is 30.5 Å². The van der Waals surface area contributed by atoms with Crippen LogP contribution in [0.3, 0.4) is 0 Å². The summed E-state index contributed by atoms with van der Waals surface area (Å²) in [6.07, 6.45) is 1.93. The number of para-hydroxylation sites is 6. The Morgan fingerprint density at radius 3 is 0.897 bits per heavy atom. The van der Waals surface area contributed by atoms with Crippen molar-refractivity contribution in [2.75, 3.05) is 0 Å². The van der Waals surface area contributed by atoms with Gasteiger partial charge in [0.2, 0.25) is 5.89 Å². The molecule has 97 heavy (non-hydrogen) atoms. The predicted molar refractivity (Wildman–Crippen MR) is 402 cm³/mol. The van der Waals surface area contributed by atoms with Crippen molar-refractivity contribution in [3.05, 3.63) is 340 Å². The minimum atomic E-state index is 0.451. The Bertz CT molecular complexity index is 6500. The van der Waals surface area contributed by atoms with E-state index >= 15 is 0 Å². The third-order valence-electron chi connectivity index (χ3n) is 19.8. The number of benzene rings is 14. The molecule has 452 valence electrons. The van der Waals surface area contributed by atoms with Crippen LogP contribution in [0.15, 0.2) is 344 Å². The lowest BCUT2D eigenvalue weighted by Gasteiger charge is -2.30. The third kappa shape index (κ3) is 8.42. The molecule has 20 aromatic rings. The molecule has 0 fully saturated rings. The van der Waals surface area contributed by atoms with E-state index in [-0.39, 0.29) is 0 Å². The quantitative estimate of drug-likeness (QED) is 0.137. The minimum absolute atomic E-state index is 0.451. The first-order chi connectivity index (χ1) is 48.2. The van der Waals surface area contributed by atoms with Gasteiger partial charge in [-0.05, 0) is 142 Å². The molecule has 7 nitrogen and oxygen atoms in total. The molecule has 20 rings (SSSR count). The van der Waals surface area contributed by atoms with Crippen molar-refractivity contribution in [1.29, 1.82) is 0 Å². The second-order valence-electron chi connectivity index (χ2n) is 25.1. The molecule has 14 aromatic carbocycles. The first-order valence-electron chi connectivity index (χ1n) is 33.0. The van der Waals surface area contributed by atoms with Crippen LogP contribution in [0.2, 0.25) is 0 Å². The van der Waals surface area contributed by atoms with Crippen LogP contribution in [-0.2, 0) is 0 Å². The smallest absolute Gasteiger partial charge is 0.230 e. The maximum Gasteiger partial charge on any atom is 0.230 e. The van der Waals surface area contributed by atoms with Crippen molar-refractivity contribution in [2.24, 2.45) is 0 Å². The largest absolute Gasteiger partial charge is 0.436 e. The maximum absolute atomic E-state index is 7.53. The van der Waals surface area contributed by atoms with Crippen molar-refractivity contribution in [3.63, 3.8) is 0 Å². The van der Waals surface area contributed by atoms with Gasteiger partial charge in [0.05, 0.1) is 78.1 Å². The first-order valence-corrected chi connectivity index (χ1v) is 33.0. The summed E-state index contributed by atoms with van der Waals surface area (Å²) in [5.41, 5.74) is 24.6. The van der Waals surface area contributed by atoms with E-state index in [0.717, 1.165) is 177 Å². The zero-order valence-electron chi connectivity index (χ0n) is 52.4. The van der Waals surface area contributed by atoms with E-state index in [1.54, 1.807) is 0 Å². The standard InChI is InChI=1S/C90H56N6O/c1-5-25-57(26-6-1)61-44-48-79-69(53-61)65-33-13-18-39-75(65)93(79)86-84(74-38-23-24-52-91-74)85(90-92-73-37-17-22-43-83(73)97-90)87(94-76-40-19-14-34-66(76)70-54-62(45-49-80(70)94)58-27-7-2-8-28-58)89(96-78-42-21-16-36-68(78)72-56-64(47-51-82(72)96)60-31-11-4-12-32-60)88(86)95-77-41-20-15-35-67(77)71-55-63(46-50-81(71)95)59-29-9-3-10-30-59/h1-56H. The molecule has 0 radical (unpaired) electrons. The maximum atomic E-state index is 7.53. The zero-order valence-corrected chi connectivity index (χ0v) is 52.4. The van der Waals surface area contributed by atoms with Gasteiger partial charge in [-0.1, -0.05) is 237 Å². The minimum Gasteiger partial charge on any atom is -0.436 e. The van der Waals surface area contributed by atoms with E-state index < -0.39 is 0 Å². The molecule has 0 saturated heterocycles. The van der Waals surface area contributed by atoms with E-state index in [9.17, 15) is 0 Å². The topological polar surface area (TPSA) is 58.6 Å². The number of hydrogen-bond acceptors (Lipinski definition) is 3. The second-order valence-corrected chi connectivity index (χ2v) is 25.1. The molecule has 0 unspecified atom stereocenters. The molecule has 6 aromatic heterocycles. The molecule has 0 saturated carbocycles. The van der Waals surface area contributed by atoms with Gasteiger partial charge < -0.3 is 22.7 Å². The van der Waals surface area contributed by atoms with Crippen LogP contribution in [0.1, 0.15) is 0 Å². The van der Waals surface area contributed by atoms with E-state index in [0.29, 0.717) is 11.5 Å². The lowest BCUT2D eigenvalue weighted by molar-refractivity contribution is 0.619. The number of oxazole rings is 1. The van der Waals surface area contributed by atoms with Crippen LogP contribution < -0.4 is 0 Å². The van der Waals surface area contributed by atoms with Crippen molar-refractivity contribution in [2.45, 2.75) is 0 Å². The average molecular weight is 1240 g/mol. The van der Waals surface area contributed by atoms with Crippen molar-refractivity contribution in [3.8, 4) is 90.0 Å². The number of rotatable bonds is 10. The lowest BCUT2D eigenvalue weighted by atomic mass is 9.94. The molecule has 0 aliphatic heterocycles. The van der Waals surface area contributed by atoms with Crippen molar-refractivity contribution < 1.29 is 4.42 Å². The summed E-state index contributed by atoms with van der Waals surface area (Å²) in [5.74, 6) is 0.451. The molecular formula is C90H56N6O. The third-order valence-corrected chi connectivity index (χ3v) is 19.8. The summed E-state index contributed by atoms with van der Waals surface area (Å²) in [7, 11) is 0. The predicted octanol–water partition coefficient (Wildman–Crippen LogP) is 23.6. The fourth-order valence-corrected chi connectivity index (χ4v) is 15.6. The summed E-state index contributed by atoms with van der Waals surface area (Å²) in [6.45, 7) is 0. The highest BCUT2D eigenvalue weighted by Gasteiger charge is 2.38. The second kappa shape index (κ2) is 21.7. The van der Waals surface area contributed by atoms with Gasteiger partial charge in [0, 0.05) is 54.9 Å². The summed E-state index contributed by atoms with van der Waals surface area (Å²) < 4.78 is 17.7. The molecule has 0 spiro atoms. The summed E-state index contributed by atoms with van der Waals surface area (Å²) in [4.78, 5) is 11.3. The number of fused-ring (bicyclic) bond motifs is 13. The zero-order chi connectivity index (χ0) is 63.7. The van der Waals surface area contributed by atoms with E-state index in [4.69, 9.17) is 14.4 Å². The Labute approximate surface area is 557 Å². The van der Waals surface area contributed by atoms with E-state index in [1.165, 1.54) is 0 Å².